The summed E-state index contributed by atoms with van der Waals surface area (Å²) in [6.07, 6.45) is 11.6. The lowest BCUT2D eigenvalue weighted by molar-refractivity contribution is -0.213. The Bertz CT molecular complexity index is 2140. The van der Waals surface area contributed by atoms with Gasteiger partial charge < -0.3 is 24.1 Å². The van der Waals surface area contributed by atoms with Crippen LogP contribution in [0.15, 0.2) is 11.6 Å². The second kappa shape index (κ2) is 12.0. The molecule has 12 nitrogen and oxygen atoms in total. The van der Waals surface area contributed by atoms with Gasteiger partial charge in [0, 0.05) is 53.8 Å². The van der Waals surface area contributed by atoms with Gasteiger partial charge in [-0.1, -0.05) is 33.3 Å². The Kier molecular flexibility index (Phi) is 7.87. The van der Waals surface area contributed by atoms with Crippen molar-refractivity contribution in [2.45, 2.75) is 159 Å². The van der Waals surface area contributed by atoms with E-state index in [0.29, 0.717) is 57.8 Å². The highest BCUT2D eigenvalue weighted by molar-refractivity contribution is 6.07. The van der Waals surface area contributed by atoms with Gasteiger partial charge in [0.15, 0.2) is 5.78 Å². The van der Waals surface area contributed by atoms with E-state index >= 15 is 0 Å². The van der Waals surface area contributed by atoms with Gasteiger partial charge in [-0.2, -0.15) is 5.26 Å². The van der Waals surface area contributed by atoms with Gasteiger partial charge in [-0.15, -0.1) is 0 Å². The average Bonchev–Trinajstić information content (AvgIpc) is 3.56. The van der Waals surface area contributed by atoms with Gasteiger partial charge >= 0.3 is 17.9 Å². The Balaban J connectivity index is 0.000000136. The Morgan fingerprint density at radius 3 is 2.07 bits per heavy atom. The Morgan fingerprint density at radius 1 is 0.800 bits per heavy atom. The molecule has 12 aliphatic rings. The maximum absolute atomic E-state index is 13.6. The summed E-state index contributed by atoms with van der Waals surface area (Å²) in [5, 5.41) is 21.9. The molecule has 1 N–H and O–H groups in total. The van der Waals surface area contributed by atoms with E-state index in [-0.39, 0.29) is 99.0 Å². The number of epoxide rings is 1. The number of rotatable bonds is 1. The molecule has 8 saturated carbocycles. The van der Waals surface area contributed by atoms with Gasteiger partial charge in [-0.25, -0.2) is 0 Å². The van der Waals surface area contributed by atoms with E-state index in [2.05, 4.69) is 33.8 Å². The van der Waals surface area contributed by atoms with Gasteiger partial charge in [0.1, 0.15) is 28.4 Å². The van der Waals surface area contributed by atoms with Crippen LogP contribution in [0.2, 0.25) is 0 Å². The fraction of sp³-hybridized carbons (Fsp3) is 0.812. The number of aliphatic hydroxyl groups is 1. The first-order valence-corrected chi connectivity index (χ1v) is 22.9. The Labute approximate surface area is 351 Å². The number of hydrogen-bond donors (Lipinski definition) is 1. The molecule has 0 aromatic rings. The van der Waals surface area contributed by atoms with Crippen molar-refractivity contribution in [1.29, 1.82) is 5.26 Å². The van der Waals surface area contributed by atoms with E-state index in [9.17, 15) is 39.1 Å². The minimum absolute atomic E-state index is 0.0303. The van der Waals surface area contributed by atoms with Gasteiger partial charge in [0.2, 0.25) is 0 Å². The van der Waals surface area contributed by atoms with Crippen LogP contribution in [-0.2, 0) is 47.7 Å². The van der Waals surface area contributed by atoms with Crippen molar-refractivity contribution in [3.8, 4) is 6.07 Å². The third-order valence-electron chi connectivity index (χ3n) is 21.2. The van der Waals surface area contributed by atoms with Crippen molar-refractivity contribution in [3.63, 3.8) is 0 Å². The highest BCUT2D eigenvalue weighted by atomic mass is 16.6. The first-order chi connectivity index (χ1) is 28.3. The maximum Gasteiger partial charge on any atom is 0.309 e. The van der Waals surface area contributed by atoms with Gasteiger partial charge in [0.25, 0.3) is 0 Å². The topological polar surface area (TPSA) is 187 Å². The summed E-state index contributed by atoms with van der Waals surface area (Å²) in [6.45, 7) is 8.72. The van der Waals surface area contributed by atoms with Crippen molar-refractivity contribution >= 4 is 35.3 Å². The summed E-state index contributed by atoms with van der Waals surface area (Å²) in [7, 11) is 1.45. The second-order valence-corrected chi connectivity index (χ2v) is 22.5. The number of carbonyl (C=O) groups excluding carboxylic acids is 6. The zero-order valence-corrected chi connectivity index (χ0v) is 35.6. The lowest BCUT2D eigenvalue weighted by atomic mass is 9.39. The minimum atomic E-state index is -0.976. The number of methoxy groups -OCH3 is 1. The highest BCUT2D eigenvalue weighted by Crippen LogP contribution is 2.79. The molecule has 3 aliphatic heterocycles. The van der Waals surface area contributed by atoms with Crippen molar-refractivity contribution in [1.82, 2.24) is 0 Å². The number of fused-ring (bicyclic) bond motifs is 11. The van der Waals surface area contributed by atoms with Crippen LogP contribution >= 0.6 is 0 Å². The molecule has 12 heteroatoms. The molecule has 11 fully saturated rings. The molecule has 60 heavy (non-hydrogen) atoms. The number of aliphatic hydroxyl groups excluding tert-OH is 1. The van der Waals surface area contributed by atoms with Gasteiger partial charge in [0.05, 0.1) is 42.6 Å². The number of hydrogen-bond acceptors (Lipinski definition) is 12. The second-order valence-electron chi connectivity index (χ2n) is 22.5. The number of nitrogens with zero attached hydrogens (tertiary/aromatic N) is 1. The van der Waals surface area contributed by atoms with Crippen LogP contribution < -0.4 is 0 Å². The average molecular weight is 826 g/mol. The largest absolute Gasteiger partial charge is 0.469 e. The van der Waals surface area contributed by atoms with E-state index in [1.807, 2.05) is 0 Å². The summed E-state index contributed by atoms with van der Waals surface area (Å²) < 4.78 is 23.9. The molecule has 3 spiro atoms. The normalized spacial score (nSPS) is 55.8. The van der Waals surface area contributed by atoms with Gasteiger partial charge in [-0.05, 0) is 112 Å². The van der Waals surface area contributed by atoms with Crippen LogP contribution in [0.5, 0.6) is 0 Å². The molecule has 9 aliphatic carbocycles. The lowest BCUT2D eigenvalue weighted by Crippen LogP contribution is -2.65. The Morgan fingerprint density at radius 2 is 1.45 bits per heavy atom. The van der Waals surface area contributed by atoms with E-state index in [1.165, 1.54) is 7.11 Å². The first kappa shape index (κ1) is 39.4. The van der Waals surface area contributed by atoms with Crippen LogP contribution in [0.4, 0.5) is 0 Å². The third-order valence-corrected chi connectivity index (χ3v) is 21.2. The zero-order chi connectivity index (χ0) is 42.4. The predicted octanol–water partition coefficient (Wildman–Crippen LogP) is 5.70. The molecule has 0 aromatic carbocycles. The molecule has 322 valence electrons. The summed E-state index contributed by atoms with van der Waals surface area (Å²) in [4.78, 5) is 75.9. The van der Waals surface area contributed by atoms with Crippen LogP contribution in [0.1, 0.15) is 130 Å². The molecule has 3 heterocycles. The minimum Gasteiger partial charge on any atom is -0.469 e. The molecule has 12 rings (SSSR count). The van der Waals surface area contributed by atoms with Crippen LogP contribution in [-0.4, -0.2) is 76.5 Å². The zero-order valence-electron chi connectivity index (χ0n) is 35.6. The van der Waals surface area contributed by atoms with E-state index in [0.717, 1.165) is 50.5 Å². The molecular formula is C48H59NO11. The highest BCUT2D eigenvalue weighted by Gasteiger charge is 2.84. The SMILES string of the molecule is CC12C[C@@H](O)C3C(C4C[C@]5(C#N)[C@@H](C(=O)CCC35C)C4=O)C1CC[C@@]21CCC(=O)O1.COC(=O)[C@@H]1CC2=CC(=O)CCC2(C)[C@@]23OC2CC2(C)C(CC[C@@]24CCC(=O)O4)C13. The van der Waals surface area contributed by atoms with Gasteiger partial charge in [-0.3, -0.25) is 28.8 Å². The van der Waals surface area contributed by atoms with Crippen LogP contribution in [0, 0.1) is 85.7 Å². The smallest absolute Gasteiger partial charge is 0.309 e. The number of Topliss-reactive ketones (excluding diaryl/α,β-unsaturated/α-hetero) is 2. The number of esters is 3. The van der Waals surface area contributed by atoms with Crippen LogP contribution in [0.3, 0.4) is 0 Å². The summed E-state index contributed by atoms with van der Waals surface area (Å²) in [5.74, 6) is -1.72. The van der Waals surface area contributed by atoms with Crippen molar-refractivity contribution in [3.05, 3.63) is 11.6 Å². The number of carbonyl (C=O) groups is 6. The van der Waals surface area contributed by atoms with E-state index < -0.39 is 39.7 Å². The lowest BCUT2D eigenvalue weighted by Gasteiger charge is -2.64. The van der Waals surface area contributed by atoms with Crippen molar-refractivity contribution in [2.75, 3.05) is 7.11 Å². The third kappa shape index (κ3) is 4.27. The molecule has 0 amide bonds. The summed E-state index contributed by atoms with van der Waals surface area (Å²) >= 11 is 0. The van der Waals surface area contributed by atoms with Crippen molar-refractivity contribution in [2.24, 2.45) is 74.4 Å². The monoisotopic (exact) mass is 825 g/mol. The number of ketones is 3. The van der Waals surface area contributed by atoms with E-state index in [4.69, 9.17) is 18.9 Å². The molecule has 0 aromatic heterocycles. The fourth-order valence-electron chi connectivity index (χ4n) is 18.4. The predicted molar refractivity (Wildman–Crippen MR) is 209 cm³/mol. The summed E-state index contributed by atoms with van der Waals surface area (Å²) in [6, 6.07) is 2.47. The first-order valence-electron chi connectivity index (χ1n) is 22.9. The Hall–Kier alpha value is -3.43. The molecule has 3 saturated heterocycles. The van der Waals surface area contributed by atoms with Crippen LogP contribution in [0.25, 0.3) is 0 Å². The molecule has 0 radical (unpaired) electrons. The molecular weight excluding hydrogens is 767 g/mol. The molecule has 2 bridgehead atoms. The quantitative estimate of drug-likeness (QED) is 0.147. The fourth-order valence-corrected chi connectivity index (χ4v) is 18.4. The van der Waals surface area contributed by atoms with E-state index in [1.54, 1.807) is 6.08 Å². The molecule has 18 atom stereocenters. The number of ether oxygens (including phenoxy) is 4. The standard InChI is InChI=1S/C24H29NO5.C24H30O6/c1-21-6-4-14(26)19-20(29)12(9-23(19,21)11-25)17-13-3-7-24(8-5-16(28)30-24)22(13,2)10-15(27)18(17)21;1-21-7-4-14(25)10-13(21)11-15(20(27)28-3)19-16-5-8-23(9-6-18(26)30-23)22(16,2)12-17-24(19,21)29-17/h12-13,15,17-19,27H,3-10H2,1-2H3;10,15-17,19H,4-9,11-12H2,1-3H3/t12?,13?,15-,17?,18?,19+,21?,22?,23+,24-;15-,16?,17?,19?,21?,22?,23-,24-/m11/s1. The summed E-state index contributed by atoms with van der Waals surface area (Å²) in [5.41, 5.74) is -2.61. The maximum atomic E-state index is 13.6. The van der Waals surface area contributed by atoms with Crippen molar-refractivity contribution < 1.29 is 52.8 Å². The number of nitriles is 1. The molecule has 11 unspecified atom stereocenters.